The Balaban J connectivity index is -0.00000180. The van der Waals surface area contributed by atoms with Crippen LogP contribution in [0.25, 0.3) is 0 Å². The molecule has 0 bridgehead atoms. The van der Waals surface area contributed by atoms with E-state index in [9.17, 15) is 4.79 Å². The maximum Gasteiger partial charge on any atom is 1.00 e. The van der Waals surface area contributed by atoms with Crippen molar-refractivity contribution in [1.82, 2.24) is 0 Å². The van der Waals surface area contributed by atoms with E-state index in [1.807, 2.05) is 0 Å². The predicted molar refractivity (Wildman–Crippen MR) is 88.2 cm³/mol. The minimum atomic E-state index is -0.661. The van der Waals surface area contributed by atoms with Crippen LogP contribution in [0.1, 0.15) is 98.2 Å². The molecule has 0 fully saturated rings. The predicted octanol–water partition coefficient (Wildman–Crippen LogP) is 3.23. The molecule has 21 heavy (non-hydrogen) atoms. The summed E-state index contributed by atoms with van der Waals surface area (Å²) in [5.74, 6) is -0.661. The second kappa shape index (κ2) is 19.8. The van der Waals surface area contributed by atoms with Gasteiger partial charge in [0, 0.05) is 6.42 Å². The maximum atomic E-state index is 10.3. The van der Waals surface area contributed by atoms with Crippen molar-refractivity contribution in [1.29, 1.82) is 0 Å². The first-order valence-corrected chi connectivity index (χ1v) is 8.64. The number of carboxylic acids is 1. The van der Waals surface area contributed by atoms with Crippen LogP contribution in [0.5, 0.6) is 0 Å². The van der Waals surface area contributed by atoms with Crippen molar-refractivity contribution in [2.75, 3.05) is 0 Å². The normalized spacial score (nSPS) is 10.7. The molecular formula is C18H35LiO2. The molecule has 0 atom stereocenters. The molecule has 3 heteroatoms. The summed E-state index contributed by atoms with van der Waals surface area (Å²) in [5, 5.41) is 8.51. The summed E-state index contributed by atoms with van der Waals surface area (Å²) in [4.78, 5) is 10.3. The van der Waals surface area contributed by atoms with Crippen molar-refractivity contribution in [2.45, 2.75) is 96.8 Å². The number of aliphatic carboxylic acids is 1. The zero-order valence-corrected chi connectivity index (χ0v) is 14.4. The van der Waals surface area contributed by atoms with Gasteiger partial charge in [0.15, 0.2) is 0 Å². The second-order valence-corrected chi connectivity index (χ2v) is 5.73. The second-order valence-electron chi connectivity index (χ2n) is 5.73. The van der Waals surface area contributed by atoms with Crippen LogP contribution in [0.2, 0.25) is 0 Å². The van der Waals surface area contributed by atoms with Crippen LogP contribution < -0.4 is 18.9 Å². The van der Waals surface area contributed by atoms with Crippen molar-refractivity contribution >= 4 is 5.97 Å². The Hall–Kier alpha value is -0.193. The largest absolute Gasteiger partial charge is 1.00 e. The molecule has 0 rings (SSSR count). The molecule has 0 aliphatic carbocycles. The summed E-state index contributed by atoms with van der Waals surface area (Å²) in [6.45, 7) is 2.25. The quantitative estimate of drug-likeness (QED) is 0.286. The summed E-state index contributed by atoms with van der Waals surface area (Å²) in [6.07, 6.45) is 21.2. The third kappa shape index (κ3) is 22.2. The molecule has 2 nitrogen and oxygen atoms in total. The molecule has 0 aliphatic heterocycles. The Morgan fingerprint density at radius 3 is 1.71 bits per heavy atom. The fourth-order valence-electron chi connectivity index (χ4n) is 2.35. The van der Waals surface area contributed by atoms with Gasteiger partial charge in [0.1, 0.15) is 0 Å². The van der Waals surface area contributed by atoms with Gasteiger partial charge >= 0.3 is 24.8 Å². The van der Waals surface area contributed by atoms with Crippen molar-refractivity contribution in [3.8, 4) is 0 Å². The first-order chi connectivity index (χ1) is 9.77. The Morgan fingerprint density at radius 2 is 1.24 bits per heavy atom. The van der Waals surface area contributed by atoms with E-state index in [1.165, 1.54) is 70.6 Å². The van der Waals surface area contributed by atoms with Crippen LogP contribution >= 0.6 is 0 Å². The zero-order chi connectivity index (χ0) is 14.9. The number of unbranched alkanes of at least 4 members (excludes halogenated alkanes) is 11. The molecule has 0 aliphatic rings. The van der Waals surface area contributed by atoms with Crippen molar-refractivity contribution in [3.63, 3.8) is 0 Å². The minimum absolute atomic E-state index is 0. The molecule has 0 unspecified atom stereocenters. The van der Waals surface area contributed by atoms with Crippen molar-refractivity contribution < 1.29 is 30.2 Å². The van der Waals surface area contributed by atoms with Crippen LogP contribution in [-0.4, -0.2) is 11.1 Å². The molecule has 0 heterocycles. The van der Waals surface area contributed by atoms with Gasteiger partial charge in [0.05, 0.1) is 0 Å². The summed E-state index contributed by atoms with van der Waals surface area (Å²) < 4.78 is 0. The average molecular weight is 290 g/mol. The number of carbonyl (C=O) groups is 1. The molecule has 0 saturated carbocycles. The fourth-order valence-corrected chi connectivity index (χ4v) is 2.35. The number of carboxylic acid groups (broad SMARTS) is 1. The molecular weight excluding hydrogens is 255 g/mol. The summed E-state index contributed by atoms with van der Waals surface area (Å²) in [7, 11) is 0. The number of hydrogen-bond acceptors (Lipinski definition) is 1. The Morgan fingerprint density at radius 1 is 0.810 bits per heavy atom. The van der Waals surface area contributed by atoms with Gasteiger partial charge < -0.3 is 6.53 Å². The summed E-state index contributed by atoms with van der Waals surface area (Å²) >= 11 is 0. The molecule has 1 N–H and O–H groups in total. The van der Waals surface area contributed by atoms with E-state index < -0.39 is 5.97 Å². The Kier molecular flexibility index (Phi) is 21.8. The number of hydrogen-bond donors (Lipinski definition) is 1. The minimum Gasteiger partial charge on any atom is -1.00 e. The molecule has 0 aromatic rings. The van der Waals surface area contributed by atoms with E-state index in [0.29, 0.717) is 6.42 Å². The first-order valence-electron chi connectivity index (χ1n) is 8.64. The van der Waals surface area contributed by atoms with Gasteiger partial charge in [0.2, 0.25) is 0 Å². The van der Waals surface area contributed by atoms with Crippen LogP contribution in [0.15, 0.2) is 12.2 Å². The van der Waals surface area contributed by atoms with Gasteiger partial charge in [-0.1, -0.05) is 70.4 Å². The van der Waals surface area contributed by atoms with Crippen LogP contribution in [0.4, 0.5) is 0 Å². The molecule has 0 amide bonds. The summed E-state index contributed by atoms with van der Waals surface area (Å²) in [6, 6.07) is 0. The molecule has 120 valence electrons. The molecule has 0 radical (unpaired) electrons. The zero-order valence-electron chi connectivity index (χ0n) is 15.4. The van der Waals surface area contributed by atoms with E-state index in [4.69, 9.17) is 5.11 Å². The van der Waals surface area contributed by atoms with E-state index >= 15 is 0 Å². The van der Waals surface area contributed by atoms with Crippen LogP contribution in [0.3, 0.4) is 0 Å². The van der Waals surface area contributed by atoms with Crippen LogP contribution in [0, 0.1) is 0 Å². The van der Waals surface area contributed by atoms with Gasteiger partial charge in [-0.25, -0.2) is 0 Å². The van der Waals surface area contributed by atoms with Gasteiger partial charge in [0.25, 0.3) is 0 Å². The number of allylic oxidation sites excluding steroid dienone is 2. The van der Waals surface area contributed by atoms with E-state index in [-0.39, 0.29) is 20.3 Å². The van der Waals surface area contributed by atoms with Gasteiger partial charge in [-0.05, 0) is 32.1 Å². The molecule has 0 saturated heterocycles. The molecule has 0 aromatic carbocycles. The smallest absolute Gasteiger partial charge is 1.00 e. The standard InChI is InChI=1S/C18H34O2.Li.H/c1-2-3-4-5-6-7-8-9-10-11-12-13-14-15-16-17-18(19)20;;/h7-8H,2-6,9-17H2,1H3,(H,19,20);;/q;+1;-1/b8-7-;;. The van der Waals surface area contributed by atoms with E-state index in [1.54, 1.807) is 0 Å². The van der Waals surface area contributed by atoms with Gasteiger partial charge in [-0.3, -0.25) is 4.79 Å². The first kappa shape index (κ1) is 23.1. The van der Waals surface area contributed by atoms with Crippen molar-refractivity contribution in [3.05, 3.63) is 12.2 Å². The summed E-state index contributed by atoms with van der Waals surface area (Å²) in [5.41, 5.74) is 0. The SMILES string of the molecule is CCCCCC/C=C\CCCCCCCCCC(=O)O.[H-].[Li+]. The Labute approximate surface area is 145 Å². The average Bonchev–Trinajstić information content (AvgIpc) is 2.43. The van der Waals surface area contributed by atoms with E-state index in [0.717, 1.165) is 12.8 Å². The van der Waals surface area contributed by atoms with Crippen LogP contribution in [-0.2, 0) is 4.79 Å². The maximum absolute atomic E-state index is 10.3. The topological polar surface area (TPSA) is 37.3 Å². The molecule has 0 spiro atoms. The fraction of sp³-hybridized carbons (Fsp3) is 0.833. The molecule has 0 aromatic heterocycles. The monoisotopic (exact) mass is 290 g/mol. The van der Waals surface area contributed by atoms with Gasteiger partial charge in [-0.15, -0.1) is 0 Å². The Bertz CT molecular complexity index is 245. The third-order valence-corrected chi connectivity index (χ3v) is 3.65. The number of rotatable bonds is 15. The van der Waals surface area contributed by atoms with Gasteiger partial charge in [-0.2, -0.15) is 0 Å². The third-order valence-electron chi connectivity index (χ3n) is 3.65. The van der Waals surface area contributed by atoms with Crippen molar-refractivity contribution in [2.24, 2.45) is 0 Å². The van der Waals surface area contributed by atoms with E-state index in [2.05, 4.69) is 19.1 Å².